The molecule has 0 bridgehead atoms. The summed E-state index contributed by atoms with van der Waals surface area (Å²) in [6.07, 6.45) is 0.921. The van der Waals surface area contributed by atoms with Gasteiger partial charge in [-0.1, -0.05) is 36.8 Å². The summed E-state index contributed by atoms with van der Waals surface area (Å²) < 4.78 is 2.20. The van der Waals surface area contributed by atoms with Crippen LogP contribution in [0.1, 0.15) is 42.0 Å². The predicted molar refractivity (Wildman–Crippen MR) is 102 cm³/mol. The molecule has 0 saturated carbocycles. The van der Waals surface area contributed by atoms with E-state index in [1.54, 1.807) is 0 Å². The third-order valence-electron chi connectivity index (χ3n) is 4.43. The summed E-state index contributed by atoms with van der Waals surface area (Å²) in [4.78, 5) is 19.7. The van der Waals surface area contributed by atoms with E-state index in [0.717, 1.165) is 47.5 Å². The zero-order chi connectivity index (χ0) is 17.8. The van der Waals surface area contributed by atoms with Gasteiger partial charge in [0.25, 0.3) is 5.91 Å². The predicted octanol–water partition coefficient (Wildman–Crippen LogP) is 4.42. The van der Waals surface area contributed by atoms with Gasteiger partial charge in [0.1, 0.15) is 5.82 Å². The van der Waals surface area contributed by atoms with Gasteiger partial charge in [0.05, 0.1) is 17.6 Å². The van der Waals surface area contributed by atoms with Gasteiger partial charge in [-0.15, -0.1) is 0 Å². The maximum absolute atomic E-state index is 13.0. The highest BCUT2D eigenvalue weighted by Gasteiger charge is 2.19. The molecule has 0 aliphatic rings. The van der Waals surface area contributed by atoms with E-state index in [-0.39, 0.29) is 5.91 Å². The van der Waals surface area contributed by atoms with Gasteiger partial charge in [-0.25, -0.2) is 4.98 Å². The van der Waals surface area contributed by atoms with Crippen molar-refractivity contribution in [3.8, 4) is 0 Å². The number of fused-ring (bicyclic) bond motifs is 1. The van der Waals surface area contributed by atoms with E-state index < -0.39 is 0 Å². The lowest BCUT2D eigenvalue weighted by atomic mass is 10.1. The molecule has 0 saturated heterocycles. The SMILES string of the molecule is CCCN(Cc1nc2ccccc2n1CC)C(=O)c1cccc(C)c1. The average molecular weight is 335 g/mol. The van der Waals surface area contributed by atoms with E-state index in [1.165, 1.54) is 0 Å². The Labute approximate surface area is 149 Å². The number of aryl methyl sites for hydroxylation is 2. The van der Waals surface area contributed by atoms with Crippen LogP contribution in [0.25, 0.3) is 11.0 Å². The fourth-order valence-electron chi connectivity index (χ4n) is 3.25. The molecule has 0 N–H and O–H groups in total. The van der Waals surface area contributed by atoms with Crippen molar-refractivity contribution in [1.82, 2.24) is 14.5 Å². The first-order valence-electron chi connectivity index (χ1n) is 8.94. The third-order valence-corrected chi connectivity index (χ3v) is 4.43. The van der Waals surface area contributed by atoms with Crippen molar-refractivity contribution in [2.75, 3.05) is 6.54 Å². The number of imidazole rings is 1. The second-order valence-electron chi connectivity index (χ2n) is 6.36. The summed E-state index contributed by atoms with van der Waals surface area (Å²) in [6, 6.07) is 15.9. The van der Waals surface area contributed by atoms with E-state index in [0.29, 0.717) is 6.54 Å². The molecule has 1 heterocycles. The smallest absolute Gasteiger partial charge is 0.254 e. The van der Waals surface area contributed by atoms with E-state index in [1.807, 2.05) is 54.3 Å². The molecule has 0 fully saturated rings. The molecule has 3 aromatic rings. The van der Waals surface area contributed by atoms with Gasteiger partial charge >= 0.3 is 0 Å². The van der Waals surface area contributed by atoms with E-state index in [9.17, 15) is 4.79 Å². The Morgan fingerprint density at radius 2 is 1.92 bits per heavy atom. The maximum Gasteiger partial charge on any atom is 0.254 e. The number of amides is 1. The standard InChI is InChI=1S/C21H25N3O/c1-4-13-23(21(25)17-10-8-9-16(3)14-17)15-20-22-18-11-6-7-12-19(18)24(20)5-2/h6-12,14H,4-5,13,15H2,1-3H3. The molecule has 0 aliphatic heterocycles. The lowest BCUT2D eigenvalue weighted by Crippen LogP contribution is -2.32. The average Bonchev–Trinajstić information content (AvgIpc) is 2.97. The molecule has 0 spiro atoms. The van der Waals surface area contributed by atoms with Crippen molar-refractivity contribution in [3.63, 3.8) is 0 Å². The van der Waals surface area contributed by atoms with Crippen molar-refractivity contribution < 1.29 is 4.79 Å². The summed E-state index contributed by atoms with van der Waals surface area (Å²) in [5.41, 5.74) is 3.95. The fourth-order valence-corrected chi connectivity index (χ4v) is 3.25. The minimum Gasteiger partial charge on any atom is -0.331 e. The van der Waals surface area contributed by atoms with Crippen LogP contribution in [0.3, 0.4) is 0 Å². The first kappa shape index (κ1) is 17.2. The number of benzene rings is 2. The van der Waals surface area contributed by atoms with Crippen molar-refractivity contribution in [3.05, 3.63) is 65.5 Å². The van der Waals surface area contributed by atoms with Gasteiger partial charge in [-0.05, 0) is 44.5 Å². The summed E-state index contributed by atoms with van der Waals surface area (Å²) in [5.74, 6) is 1.01. The Morgan fingerprint density at radius 3 is 2.64 bits per heavy atom. The largest absolute Gasteiger partial charge is 0.331 e. The normalized spacial score (nSPS) is 11.0. The molecule has 1 amide bonds. The zero-order valence-corrected chi connectivity index (χ0v) is 15.2. The molecular formula is C21H25N3O. The molecule has 4 heteroatoms. The van der Waals surface area contributed by atoms with Crippen molar-refractivity contribution >= 4 is 16.9 Å². The van der Waals surface area contributed by atoms with Gasteiger partial charge in [0.2, 0.25) is 0 Å². The topological polar surface area (TPSA) is 38.1 Å². The number of hydrogen-bond donors (Lipinski definition) is 0. The first-order valence-corrected chi connectivity index (χ1v) is 8.94. The molecule has 0 atom stereocenters. The van der Waals surface area contributed by atoms with Crippen LogP contribution in [0.15, 0.2) is 48.5 Å². The third kappa shape index (κ3) is 3.58. The van der Waals surface area contributed by atoms with Crippen LogP contribution in [-0.2, 0) is 13.1 Å². The van der Waals surface area contributed by atoms with Gasteiger partial charge in [0.15, 0.2) is 0 Å². The highest BCUT2D eigenvalue weighted by molar-refractivity contribution is 5.94. The lowest BCUT2D eigenvalue weighted by Gasteiger charge is -2.22. The lowest BCUT2D eigenvalue weighted by molar-refractivity contribution is 0.0737. The number of carbonyl (C=O) groups excluding carboxylic acids is 1. The Bertz CT molecular complexity index is 882. The van der Waals surface area contributed by atoms with Crippen molar-refractivity contribution in [1.29, 1.82) is 0 Å². The van der Waals surface area contributed by atoms with Crippen LogP contribution in [0.5, 0.6) is 0 Å². The number of nitrogens with zero attached hydrogens (tertiary/aromatic N) is 3. The Kier molecular flexibility index (Phi) is 5.17. The molecule has 1 aromatic heterocycles. The van der Waals surface area contributed by atoms with Gasteiger partial charge < -0.3 is 9.47 Å². The minimum absolute atomic E-state index is 0.0697. The van der Waals surface area contributed by atoms with Crippen LogP contribution in [0.4, 0.5) is 0 Å². The van der Waals surface area contributed by atoms with Crippen LogP contribution in [-0.4, -0.2) is 26.9 Å². The van der Waals surface area contributed by atoms with E-state index in [4.69, 9.17) is 4.98 Å². The second-order valence-corrected chi connectivity index (χ2v) is 6.36. The molecule has 2 aromatic carbocycles. The molecule has 0 unspecified atom stereocenters. The molecule has 25 heavy (non-hydrogen) atoms. The first-order chi connectivity index (χ1) is 12.1. The summed E-state index contributed by atoms with van der Waals surface area (Å²) in [7, 11) is 0. The molecule has 4 nitrogen and oxygen atoms in total. The van der Waals surface area contributed by atoms with Crippen LogP contribution < -0.4 is 0 Å². The number of hydrogen-bond acceptors (Lipinski definition) is 2. The highest BCUT2D eigenvalue weighted by Crippen LogP contribution is 2.18. The molecule has 130 valence electrons. The van der Waals surface area contributed by atoms with Crippen LogP contribution in [0, 0.1) is 6.92 Å². The number of aromatic nitrogens is 2. The molecule has 0 aliphatic carbocycles. The van der Waals surface area contributed by atoms with E-state index in [2.05, 4.69) is 24.5 Å². The second kappa shape index (κ2) is 7.51. The van der Waals surface area contributed by atoms with Gasteiger partial charge in [-0.2, -0.15) is 0 Å². The fraction of sp³-hybridized carbons (Fsp3) is 0.333. The van der Waals surface area contributed by atoms with Crippen molar-refractivity contribution in [2.24, 2.45) is 0 Å². The molecular weight excluding hydrogens is 310 g/mol. The monoisotopic (exact) mass is 335 g/mol. The summed E-state index contributed by atoms with van der Waals surface area (Å²) >= 11 is 0. The molecule has 3 rings (SSSR count). The van der Waals surface area contributed by atoms with Gasteiger partial charge in [0, 0.05) is 18.7 Å². The van der Waals surface area contributed by atoms with E-state index >= 15 is 0 Å². The maximum atomic E-state index is 13.0. The summed E-state index contributed by atoms with van der Waals surface area (Å²) in [5, 5.41) is 0. The molecule has 0 radical (unpaired) electrons. The highest BCUT2D eigenvalue weighted by atomic mass is 16.2. The van der Waals surface area contributed by atoms with Crippen LogP contribution in [0.2, 0.25) is 0 Å². The Balaban J connectivity index is 1.93. The number of rotatable bonds is 6. The van der Waals surface area contributed by atoms with Gasteiger partial charge in [-0.3, -0.25) is 4.79 Å². The zero-order valence-electron chi connectivity index (χ0n) is 15.2. The minimum atomic E-state index is 0.0697. The van der Waals surface area contributed by atoms with Crippen LogP contribution >= 0.6 is 0 Å². The number of para-hydroxylation sites is 2. The summed E-state index contributed by atoms with van der Waals surface area (Å²) in [6.45, 7) is 8.32. The Hall–Kier alpha value is -2.62. The Morgan fingerprint density at radius 1 is 1.12 bits per heavy atom. The quantitative estimate of drug-likeness (QED) is 0.669. The van der Waals surface area contributed by atoms with Crippen molar-refractivity contribution in [2.45, 2.75) is 40.3 Å². The number of carbonyl (C=O) groups is 1.